The van der Waals surface area contributed by atoms with E-state index in [-0.39, 0.29) is 11.9 Å². The van der Waals surface area contributed by atoms with E-state index in [4.69, 9.17) is 9.47 Å². The van der Waals surface area contributed by atoms with E-state index in [1.807, 2.05) is 24.3 Å². The molecule has 1 fully saturated rings. The minimum Gasteiger partial charge on any atom is -0.497 e. The number of carbonyl (C=O) groups is 1. The number of rotatable bonds is 8. The van der Waals surface area contributed by atoms with Gasteiger partial charge in [0, 0.05) is 26.1 Å². The maximum Gasteiger partial charge on any atom is 0.220 e. The molecule has 2 aromatic carbocycles. The first-order valence-electron chi connectivity index (χ1n) is 9.93. The van der Waals surface area contributed by atoms with Crippen LogP contribution in [-0.4, -0.2) is 50.8 Å². The van der Waals surface area contributed by atoms with Crippen LogP contribution < -0.4 is 10.1 Å². The number of ether oxygens (including phenoxy) is 2. The minimum absolute atomic E-state index is 0.0844. The summed E-state index contributed by atoms with van der Waals surface area (Å²) < 4.78 is 10.7. The number of hydrogen-bond acceptors (Lipinski definition) is 4. The van der Waals surface area contributed by atoms with Crippen molar-refractivity contribution in [3.05, 3.63) is 65.2 Å². The third-order valence-corrected chi connectivity index (χ3v) is 5.24. The Kier molecular flexibility index (Phi) is 7.46. The number of amides is 1. The van der Waals surface area contributed by atoms with E-state index in [1.54, 1.807) is 7.11 Å². The van der Waals surface area contributed by atoms with Crippen molar-refractivity contribution in [2.45, 2.75) is 25.8 Å². The van der Waals surface area contributed by atoms with Crippen LogP contribution in [0, 0.1) is 6.92 Å². The number of nitrogens with one attached hydrogen (secondary N) is 1. The molecule has 0 radical (unpaired) electrons. The summed E-state index contributed by atoms with van der Waals surface area (Å²) in [6.45, 7) is 5.97. The normalized spacial score (nSPS) is 15.8. The first-order chi connectivity index (χ1) is 13.7. The van der Waals surface area contributed by atoms with Crippen LogP contribution >= 0.6 is 0 Å². The lowest BCUT2D eigenvalue weighted by Crippen LogP contribution is -2.43. The molecule has 1 atom stereocenters. The predicted molar refractivity (Wildman–Crippen MR) is 111 cm³/mol. The molecule has 0 aromatic heterocycles. The molecule has 150 valence electrons. The third kappa shape index (κ3) is 5.81. The second kappa shape index (κ2) is 10.2. The smallest absolute Gasteiger partial charge is 0.220 e. The fourth-order valence-electron chi connectivity index (χ4n) is 3.48. The van der Waals surface area contributed by atoms with Gasteiger partial charge in [0.1, 0.15) is 5.75 Å². The number of nitrogens with zero attached hydrogens (tertiary/aromatic N) is 1. The number of carbonyl (C=O) groups excluding carboxylic acids is 1. The van der Waals surface area contributed by atoms with E-state index in [9.17, 15) is 4.79 Å². The summed E-state index contributed by atoms with van der Waals surface area (Å²) in [6.07, 6.45) is 1.21. The third-order valence-electron chi connectivity index (χ3n) is 5.24. The molecule has 28 heavy (non-hydrogen) atoms. The Morgan fingerprint density at radius 3 is 2.43 bits per heavy atom. The Bertz CT molecular complexity index is 737. The maximum absolute atomic E-state index is 12.4. The lowest BCUT2D eigenvalue weighted by atomic mass is 10.0. The van der Waals surface area contributed by atoms with Gasteiger partial charge in [-0.25, -0.2) is 0 Å². The molecule has 3 rings (SSSR count). The Morgan fingerprint density at radius 1 is 1.11 bits per heavy atom. The summed E-state index contributed by atoms with van der Waals surface area (Å²) in [7, 11) is 1.65. The molecule has 1 aliphatic heterocycles. The van der Waals surface area contributed by atoms with E-state index in [1.165, 1.54) is 11.1 Å². The minimum atomic E-state index is 0.0844. The average molecular weight is 383 g/mol. The zero-order valence-electron chi connectivity index (χ0n) is 16.8. The molecule has 0 aliphatic carbocycles. The predicted octanol–water partition coefficient (Wildman–Crippen LogP) is 3.13. The summed E-state index contributed by atoms with van der Waals surface area (Å²) in [5.74, 6) is 0.917. The quantitative estimate of drug-likeness (QED) is 0.762. The van der Waals surface area contributed by atoms with Crippen LogP contribution in [0.3, 0.4) is 0 Å². The van der Waals surface area contributed by atoms with Gasteiger partial charge in [0.05, 0.1) is 26.4 Å². The summed E-state index contributed by atoms with van der Waals surface area (Å²) in [5.41, 5.74) is 3.62. The SMILES string of the molecule is COc1ccc(CCC(=O)NCC(c2ccc(C)cc2)N2CCOCC2)cc1. The average Bonchev–Trinajstić information content (AvgIpc) is 2.75. The Labute approximate surface area is 167 Å². The highest BCUT2D eigenvalue weighted by Crippen LogP contribution is 2.22. The lowest BCUT2D eigenvalue weighted by Gasteiger charge is -2.35. The van der Waals surface area contributed by atoms with Gasteiger partial charge in [-0.1, -0.05) is 42.0 Å². The van der Waals surface area contributed by atoms with Crippen LogP contribution in [0.15, 0.2) is 48.5 Å². The molecule has 5 heteroatoms. The monoisotopic (exact) mass is 382 g/mol. The van der Waals surface area contributed by atoms with Crippen molar-refractivity contribution in [3.8, 4) is 5.75 Å². The first-order valence-corrected chi connectivity index (χ1v) is 9.93. The molecule has 0 spiro atoms. The standard InChI is InChI=1S/C23H30N2O3/c1-18-3-8-20(9-4-18)22(25-13-15-28-16-14-25)17-24-23(26)12-7-19-5-10-21(27-2)11-6-19/h3-6,8-11,22H,7,12-17H2,1-2H3,(H,24,26). The van der Waals surface area contributed by atoms with Crippen LogP contribution in [-0.2, 0) is 16.0 Å². The van der Waals surface area contributed by atoms with Gasteiger partial charge in [-0.2, -0.15) is 0 Å². The van der Waals surface area contributed by atoms with E-state index < -0.39 is 0 Å². The second-order valence-electron chi connectivity index (χ2n) is 7.23. The zero-order chi connectivity index (χ0) is 19.8. The van der Waals surface area contributed by atoms with E-state index in [0.29, 0.717) is 13.0 Å². The zero-order valence-corrected chi connectivity index (χ0v) is 16.8. The van der Waals surface area contributed by atoms with Gasteiger partial charge in [-0.3, -0.25) is 9.69 Å². The van der Waals surface area contributed by atoms with E-state index in [0.717, 1.165) is 44.0 Å². The summed E-state index contributed by atoms with van der Waals surface area (Å²) >= 11 is 0. The van der Waals surface area contributed by atoms with Gasteiger partial charge in [-0.15, -0.1) is 0 Å². The largest absolute Gasteiger partial charge is 0.497 e. The Morgan fingerprint density at radius 2 is 1.79 bits per heavy atom. The molecule has 1 heterocycles. The van der Waals surface area contributed by atoms with Crippen molar-refractivity contribution in [2.75, 3.05) is 40.0 Å². The molecule has 0 saturated carbocycles. The Hall–Kier alpha value is -2.37. The van der Waals surface area contributed by atoms with Crippen molar-refractivity contribution >= 4 is 5.91 Å². The number of hydrogen-bond donors (Lipinski definition) is 1. The van der Waals surface area contributed by atoms with Crippen molar-refractivity contribution in [1.29, 1.82) is 0 Å². The highest BCUT2D eigenvalue weighted by Gasteiger charge is 2.23. The van der Waals surface area contributed by atoms with Gasteiger partial charge in [0.15, 0.2) is 0 Å². The molecule has 1 N–H and O–H groups in total. The van der Waals surface area contributed by atoms with Crippen molar-refractivity contribution in [2.24, 2.45) is 0 Å². The van der Waals surface area contributed by atoms with Crippen LogP contribution in [0.25, 0.3) is 0 Å². The summed E-state index contributed by atoms with van der Waals surface area (Å²) in [4.78, 5) is 14.8. The molecule has 1 aliphatic rings. The molecule has 1 amide bonds. The van der Waals surface area contributed by atoms with Gasteiger partial charge in [-0.05, 0) is 36.6 Å². The fraction of sp³-hybridized carbons (Fsp3) is 0.435. The van der Waals surface area contributed by atoms with Gasteiger partial charge < -0.3 is 14.8 Å². The fourth-order valence-corrected chi connectivity index (χ4v) is 3.48. The molecule has 0 bridgehead atoms. The van der Waals surface area contributed by atoms with Crippen molar-refractivity contribution in [1.82, 2.24) is 10.2 Å². The molecule has 2 aromatic rings. The van der Waals surface area contributed by atoms with Gasteiger partial charge >= 0.3 is 0 Å². The van der Waals surface area contributed by atoms with E-state index >= 15 is 0 Å². The number of aryl methyl sites for hydroxylation is 2. The van der Waals surface area contributed by atoms with Crippen LogP contribution in [0.2, 0.25) is 0 Å². The first kappa shape index (κ1) is 20.4. The van der Waals surface area contributed by atoms with E-state index in [2.05, 4.69) is 41.4 Å². The number of morpholine rings is 1. The van der Waals surface area contributed by atoms with Crippen LogP contribution in [0.5, 0.6) is 5.75 Å². The highest BCUT2D eigenvalue weighted by molar-refractivity contribution is 5.76. The second-order valence-corrected chi connectivity index (χ2v) is 7.23. The molecular weight excluding hydrogens is 352 g/mol. The van der Waals surface area contributed by atoms with Crippen LogP contribution in [0.1, 0.15) is 29.2 Å². The van der Waals surface area contributed by atoms with Gasteiger partial charge in [0.25, 0.3) is 0 Å². The number of benzene rings is 2. The van der Waals surface area contributed by atoms with Crippen molar-refractivity contribution < 1.29 is 14.3 Å². The lowest BCUT2D eigenvalue weighted by molar-refractivity contribution is -0.121. The number of methoxy groups -OCH3 is 1. The topological polar surface area (TPSA) is 50.8 Å². The van der Waals surface area contributed by atoms with Crippen LogP contribution in [0.4, 0.5) is 0 Å². The Balaban J connectivity index is 1.55. The summed E-state index contributed by atoms with van der Waals surface area (Å²) in [5, 5.41) is 3.14. The highest BCUT2D eigenvalue weighted by atomic mass is 16.5. The molecular formula is C23H30N2O3. The summed E-state index contributed by atoms with van der Waals surface area (Å²) in [6, 6.07) is 16.7. The van der Waals surface area contributed by atoms with Gasteiger partial charge in [0.2, 0.25) is 5.91 Å². The maximum atomic E-state index is 12.4. The molecule has 1 saturated heterocycles. The molecule has 1 unspecified atom stereocenters. The molecule has 5 nitrogen and oxygen atoms in total. The van der Waals surface area contributed by atoms with Crippen molar-refractivity contribution in [3.63, 3.8) is 0 Å².